The molecule has 1 N–H and O–H groups in total. The largest absolute Gasteiger partial charge is 0.313 e. The third kappa shape index (κ3) is 3.18. The van der Waals surface area contributed by atoms with Gasteiger partial charge in [-0.1, -0.05) is 12.5 Å². The summed E-state index contributed by atoms with van der Waals surface area (Å²) in [5.41, 5.74) is 1.10. The summed E-state index contributed by atoms with van der Waals surface area (Å²) in [6, 6.07) is 6.56. The van der Waals surface area contributed by atoms with Gasteiger partial charge in [-0.3, -0.25) is 4.98 Å². The van der Waals surface area contributed by atoms with Gasteiger partial charge in [0.25, 0.3) is 0 Å². The molecule has 0 bridgehead atoms. The highest BCUT2D eigenvalue weighted by Crippen LogP contribution is 2.22. The molecule has 2 atom stereocenters. The van der Waals surface area contributed by atoms with E-state index in [0.717, 1.165) is 12.2 Å². The number of aromatic nitrogens is 1. The first kappa shape index (κ1) is 12.5. The van der Waals surface area contributed by atoms with E-state index < -0.39 is 0 Å². The SMILES string of the molecule is Cl.[CH2]C(c1ccccn1)C1CCCCN1. The summed E-state index contributed by atoms with van der Waals surface area (Å²) in [5.74, 6) is 0.288. The van der Waals surface area contributed by atoms with Gasteiger partial charge in [-0.05, 0) is 38.4 Å². The molecular formula is C12H18ClN2. The highest BCUT2D eigenvalue weighted by molar-refractivity contribution is 5.85. The predicted octanol–water partition coefficient (Wildman–Crippen LogP) is 2.56. The molecule has 83 valence electrons. The fourth-order valence-electron chi connectivity index (χ4n) is 2.02. The molecule has 2 heterocycles. The van der Waals surface area contributed by atoms with Crippen molar-refractivity contribution in [3.8, 4) is 0 Å². The second kappa shape index (κ2) is 6.09. The maximum absolute atomic E-state index is 4.35. The van der Waals surface area contributed by atoms with Gasteiger partial charge in [0.05, 0.1) is 0 Å². The van der Waals surface area contributed by atoms with Crippen LogP contribution in [-0.4, -0.2) is 17.6 Å². The van der Waals surface area contributed by atoms with Gasteiger partial charge < -0.3 is 5.32 Å². The molecule has 1 aromatic rings. The molecule has 0 saturated carbocycles. The topological polar surface area (TPSA) is 24.9 Å². The third-order valence-corrected chi connectivity index (χ3v) is 2.90. The first-order valence-corrected chi connectivity index (χ1v) is 5.35. The van der Waals surface area contributed by atoms with Crippen molar-refractivity contribution in [2.24, 2.45) is 0 Å². The molecule has 1 aliphatic heterocycles. The Kier molecular flexibility index (Phi) is 5.06. The molecule has 0 aliphatic carbocycles. The highest BCUT2D eigenvalue weighted by Gasteiger charge is 2.21. The number of halogens is 1. The van der Waals surface area contributed by atoms with E-state index >= 15 is 0 Å². The van der Waals surface area contributed by atoms with Crippen LogP contribution in [0.2, 0.25) is 0 Å². The van der Waals surface area contributed by atoms with Crippen LogP contribution in [0.5, 0.6) is 0 Å². The van der Waals surface area contributed by atoms with Crippen molar-refractivity contribution in [1.82, 2.24) is 10.3 Å². The molecule has 1 radical (unpaired) electrons. The molecule has 0 spiro atoms. The zero-order valence-corrected chi connectivity index (χ0v) is 9.67. The predicted molar refractivity (Wildman–Crippen MR) is 65.2 cm³/mol. The summed E-state index contributed by atoms with van der Waals surface area (Å²) in [4.78, 5) is 4.35. The minimum atomic E-state index is 0. The number of nitrogens with one attached hydrogen (secondary N) is 1. The average Bonchev–Trinajstić information content (AvgIpc) is 2.30. The zero-order valence-electron chi connectivity index (χ0n) is 8.86. The Balaban J connectivity index is 0.00000112. The van der Waals surface area contributed by atoms with Crippen molar-refractivity contribution in [3.63, 3.8) is 0 Å². The Morgan fingerprint density at radius 3 is 2.87 bits per heavy atom. The van der Waals surface area contributed by atoms with Gasteiger partial charge in [0.15, 0.2) is 0 Å². The van der Waals surface area contributed by atoms with Crippen molar-refractivity contribution < 1.29 is 0 Å². The van der Waals surface area contributed by atoms with E-state index in [1.54, 1.807) is 0 Å². The number of hydrogen-bond acceptors (Lipinski definition) is 2. The van der Waals surface area contributed by atoms with E-state index in [1.165, 1.54) is 19.3 Å². The zero-order chi connectivity index (χ0) is 9.80. The lowest BCUT2D eigenvalue weighted by molar-refractivity contribution is 0.372. The van der Waals surface area contributed by atoms with Crippen molar-refractivity contribution in [2.45, 2.75) is 31.2 Å². The van der Waals surface area contributed by atoms with Crippen molar-refractivity contribution in [2.75, 3.05) is 6.54 Å². The molecule has 2 unspecified atom stereocenters. The van der Waals surface area contributed by atoms with Crippen LogP contribution >= 0.6 is 12.4 Å². The van der Waals surface area contributed by atoms with Gasteiger partial charge in [0.2, 0.25) is 0 Å². The maximum Gasteiger partial charge on any atom is 0.0450 e. The summed E-state index contributed by atoms with van der Waals surface area (Å²) in [7, 11) is 0. The Morgan fingerprint density at radius 1 is 1.40 bits per heavy atom. The van der Waals surface area contributed by atoms with Gasteiger partial charge in [-0.25, -0.2) is 0 Å². The third-order valence-electron chi connectivity index (χ3n) is 2.90. The Labute approximate surface area is 97.9 Å². The highest BCUT2D eigenvalue weighted by atomic mass is 35.5. The average molecular weight is 226 g/mol. The maximum atomic E-state index is 4.35. The molecule has 1 saturated heterocycles. The summed E-state index contributed by atoms with van der Waals surface area (Å²) in [6.45, 7) is 5.34. The molecule has 1 aliphatic rings. The number of piperidine rings is 1. The van der Waals surface area contributed by atoms with Crippen LogP contribution in [-0.2, 0) is 0 Å². The second-order valence-electron chi connectivity index (χ2n) is 3.92. The quantitative estimate of drug-likeness (QED) is 0.837. The van der Waals surface area contributed by atoms with Crippen molar-refractivity contribution in [3.05, 3.63) is 37.0 Å². The van der Waals surface area contributed by atoms with Gasteiger partial charge in [-0.15, -0.1) is 12.4 Å². The van der Waals surface area contributed by atoms with Crippen LogP contribution in [0, 0.1) is 6.92 Å². The minimum Gasteiger partial charge on any atom is -0.313 e. The van der Waals surface area contributed by atoms with Crippen molar-refractivity contribution in [1.29, 1.82) is 0 Å². The lowest BCUT2D eigenvalue weighted by Gasteiger charge is -2.28. The second-order valence-corrected chi connectivity index (χ2v) is 3.92. The summed E-state index contributed by atoms with van der Waals surface area (Å²) in [6.07, 6.45) is 5.68. The normalized spacial score (nSPS) is 22.9. The minimum absolute atomic E-state index is 0. The first-order chi connectivity index (χ1) is 6.88. The molecule has 2 nitrogen and oxygen atoms in total. The number of pyridine rings is 1. The number of hydrogen-bond donors (Lipinski definition) is 1. The Bertz CT molecular complexity index is 270. The Morgan fingerprint density at radius 2 is 2.27 bits per heavy atom. The van der Waals surface area contributed by atoms with E-state index in [2.05, 4.69) is 23.3 Å². The van der Waals surface area contributed by atoms with Crippen LogP contribution < -0.4 is 5.32 Å². The standard InChI is InChI=1S/C12H17N2.ClH/c1-10(11-6-2-4-8-13-11)12-7-3-5-9-14-12;/h2,4,6,8,10,12,14H,1,3,5,7,9H2;1H. The summed E-state index contributed by atoms with van der Waals surface area (Å²) < 4.78 is 0. The van der Waals surface area contributed by atoms with Crippen molar-refractivity contribution >= 4 is 12.4 Å². The molecule has 1 fully saturated rings. The number of rotatable bonds is 2. The van der Waals surface area contributed by atoms with E-state index in [4.69, 9.17) is 0 Å². The molecule has 2 rings (SSSR count). The molecule has 3 heteroatoms. The summed E-state index contributed by atoms with van der Waals surface area (Å²) >= 11 is 0. The first-order valence-electron chi connectivity index (χ1n) is 5.35. The van der Waals surface area contributed by atoms with Crippen LogP contribution in [0.1, 0.15) is 30.9 Å². The van der Waals surface area contributed by atoms with Crippen LogP contribution in [0.15, 0.2) is 24.4 Å². The van der Waals surface area contributed by atoms with Gasteiger partial charge in [0.1, 0.15) is 0 Å². The lowest BCUT2D eigenvalue weighted by atomic mass is 9.91. The van der Waals surface area contributed by atoms with Crippen LogP contribution in [0.25, 0.3) is 0 Å². The molecule has 15 heavy (non-hydrogen) atoms. The van der Waals surface area contributed by atoms with Gasteiger partial charge >= 0.3 is 0 Å². The van der Waals surface area contributed by atoms with Crippen LogP contribution in [0.3, 0.4) is 0 Å². The summed E-state index contributed by atoms with van der Waals surface area (Å²) in [5, 5.41) is 3.51. The fraction of sp³-hybridized carbons (Fsp3) is 0.500. The number of nitrogens with zero attached hydrogens (tertiary/aromatic N) is 1. The van der Waals surface area contributed by atoms with E-state index in [1.807, 2.05) is 18.3 Å². The fourth-order valence-corrected chi connectivity index (χ4v) is 2.02. The molecular weight excluding hydrogens is 208 g/mol. The van der Waals surface area contributed by atoms with Gasteiger partial charge in [0, 0.05) is 23.9 Å². The monoisotopic (exact) mass is 225 g/mol. The molecule has 0 amide bonds. The van der Waals surface area contributed by atoms with E-state index in [9.17, 15) is 0 Å². The van der Waals surface area contributed by atoms with Gasteiger partial charge in [-0.2, -0.15) is 0 Å². The smallest absolute Gasteiger partial charge is 0.0450 e. The molecule has 0 aromatic carbocycles. The van der Waals surface area contributed by atoms with Crippen LogP contribution in [0.4, 0.5) is 0 Å². The van der Waals surface area contributed by atoms with E-state index in [0.29, 0.717) is 6.04 Å². The lowest BCUT2D eigenvalue weighted by Crippen LogP contribution is -2.38. The van der Waals surface area contributed by atoms with E-state index in [-0.39, 0.29) is 18.3 Å². The Hall–Kier alpha value is -0.600. The molecule has 1 aromatic heterocycles.